The first-order valence-corrected chi connectivity index (χ1v) is 5.97. The molecular formula is C14H24O. The summed E-state index contributed by atoms with van der Waals surface area (Å²) >= 11 is 0. The Morgan fingerprint density at radius 3 is 2.13 bits per heavy atom. The molecule has 0 heterocycles. The SMILES string of the molecule is C=C(C)C(=C)OC(C)(C)C1CCCCC1. The van der Waals surface area contributed by atoms with E-state index in [1.54, 1.807) is 0 Å². The van der Waals surface area contributed by atoms with Crippen LogP contribution in [0.4, 0.5) is 0 Å². The van der Waals surface area contributed by atoms with Crippen molar-refractivity contribution in [1.82, 2.24) is 0 Å². The molecule has 0 aromatic carbocycles. The largest absolute Gasteiger partial charge is 0.488 e. The monoisotopic (exact) mass is 208 g/mol. The second-order valence-corrected chi connectivity index (χ2v) is 5.24. The molecule has 86 valence electrons. The summed E-state index contributed by atoms with van der Waals surface area (Å²) < 4.78 is 5.94. The Bertz CT molecular complexity index is 244. The smallest absolute Gasteiger partial charge is 0.115 e. The van der Waals surface area contributed by atoms with Gasteiger partial charge in [-0.1, -0.05) is 32.4 Å². The van der Waals surface area contributed by atoms with Gasteiger partial charge in [-0.05, 0) is 45.1 Å². The second kappa shape index (κ2) is 4.87. The van der Waals surface area contributed by atoms with E-state index in [0.717, 1.165) is 11.3 Å². The molecule has 0 amide bonds. The number of hydrogen-bond donors (Lipinski definition) is 0. The van der Waals surface area contributed by atoms with Crippen molar-refractivity contribution in [2.24, 2.45) is 5.92 Å². The fourth-order valence-corrected chi connectivity index (χ4v) is 2.29. The normalized spacial score (nSPS) is 18.6. The van der Waals surface area contributed by atoms with E-state index in [-0.39, 0.29) is 5.60 Å². The first-order chi connectivity index (χ1) is 6.93. The van der Waals surface area contributed by atoms with Crippen LogP contribution in [0.15, 0.2) is 24.5 Å². The van der Waals surface area contributed by atoms with Gasteiger partial charge in [0.25, 0.3) is 0 Å². The Hall–Kier alpha value is -0.720. The van der Waals surface area contributed by atoms with Crippen LogP contribution < -0.4 is 0 Å². The van der Waals surface area contributed by atoms with Crippen LogP contribution in [0.5, 0.6) is 0 Å². The summed E-state index contributed by atoms with van der Waals surface area (Å²) in [4.78, 5) is 0. The number of hydrogen-bond acceptors (Lipinski definition) is 1. The second-order valence-electron chi connectivity index (χ2n) is 5.24. The predicted octanol–water partition coefficient (Wildman–Crippen LogP) is 4.45. The lowest BCUT2D eigenvalue weighted by atomic mass is 9.78. The molecule has 0 aliphatic heterocycles. The minimum Gasteiger partial charge on any atom is -0.488 e. The molecule has 1 heteroatoms. The van der Waals surface area contributed by atoms with Gasteiger partial charge in [-0.15, -0.1) is 0 Å². The van der Waals surface area contributed by atoms with Crippen molar-refractivity contribution >= 4 is 0 Å². The molecule has 1 aliphatic rings. The minimum atomic E-state index is -0.0869. The summed E-state index contributed by atoms with van der Waals surface area (Å²) in [6.07, 6.45) is 6.65. The van der Waals surface area contributed by atoms with E-state index < -0.39 is 0 Å². The maximum absolute atomic E-state index is 5.94. The van der Waals surface area contributed by atoms with Gasteiger partial charge in [0.1, 0.15) is 11.4 Å². The third-order valence-electron chi connectivity index (χ3n) is 3.45. The highest BCUT2D eigenvalue weighted by Gasteiger charge is 2.32. The molecule has 1 nitrogen and oxygen atoms in total. The van der Waals surface area contributed by atoms with Crippen molar-refractivity contribution in [2.45, 2.75) is 58.5 Å². The Labute approximate surface area is 94.2 Å². The molecule has 0 spiro atoms. The summed E-state index contributed by atoms with van der Waals surface area (Å²) in [5.74, 6) is 1.41. The van der Waals surface area contributed by atoms with Crippen LogP contribution in [0.2, 0.25) is 0 Å². The molecule has 1 aliphatic carbocycles. The Kier molecular flexibility index (Phi) is 4.01. The number of rotatable bonds is 4. The van der Waals surface area contributed by atoms with E-state index in [1.807, 2.05) is 6.92 Å². The molecule has 0 aromatic rings. The van der Waals surface area contributed by atoms with Crippen molar-refractivity contribution in [2.75, 3.05) is 0 Å². The first-order valence-electron chi connectivity index (χ1n) is 5.97. The van der Waals surface area contributed by atoms with E-state index >= 15 is 0 Å². The third kappa shape index (κ3) is 3.40. The standard InChI is InChI=1S/C14H24O/c1-11(2)12(3)15-14(4,5)13-9-7-6-8-10-13/h13H,1,3,6-10H2,2,4-5H3. The zero-order chi connectivity index (χ0) is 11.5. The lowest BCUT2D eigenvalue weighted by Gasteiger charge is -2.38. The highest BCUT2D eigenvalue weighted by Crippen LogP contribution is 2.36. The minimum absolute atomic E-state index is 0.0869. The summed E-state index contributed by atoms with van der Waals surface area (Å²) in [6, 6.07) is 0. The molecule has 0 bridgehead atoms. The predicted molar refractivity (Wildman–Crippen MR) is 65.7 cm³/mol. The van der Waals surface area contributed by atoms with Gasteiger partial charge >= 0.3 is 0 Å². The first kappa shape index (κ1) is 12.4. The number of allylic oxidation sites excluding steroid dienone is 1. The average molecular weight is 208 g/mol. The topological polar surface area (TPSA) is 9.23 Å². The number of ether oxygens (including phenoxy) is 1. The molecular weight excluding hydrogens is 184 g/mol. The molecule has 0 radical (unpaired) electrons. The Morgan fingerprint density at radius 1 is 1.13 bits per heavy atom. The molecule has 0 unspecified atom stereocenters. The van der Waals surface area contributed by atoms with Crippen LogP contribution >= 0.6 is 0 Å². The fourth-order valence-electron chi connectivity index (χ4n) is 2.29. The highest BCUT2D eigenvalue weighted by atomic mass is 16.5. The van der Waals surface area contributed by atoms with Crippen molar-refractivity contribution < 1.29 is 4.74 Å². The van der Waals surface area contributed by atoms with Crippen LogP contribution in [0.1, 0.15) is 52.9 Å². The third-order valence-corrected chi connectivity index (χ3v) is 3.45. The quantitative estimate of drug-likeness (QED) is 0.490. The van der Waals surface area contributed by atoms with Crippen LogP contribution in [0, 0.1) is 5.92 Å². The van der Waals surface area contributed by atoms with Crippen LogP contribution in [0.25, 0.3) is 0 Å². The Morgan fingerprint density at radius 2 is 1.67 bits per heavy atom. The molecule has 15 heavy (non-hydrogen) atoms. The molecule has 0 N–H and O–H groups in total. The maximum Gasteiger partial charge on any atom is 0.115 e. The highest BCUT2D eigenvalue weighted by molar-refractivity contribution is 5.17. The van der Waals surface area contributed by atoms with Crippen LogP contribution in [-0.2, 0) is 4.74 Å². The van der Waals surface area contributed by atoms with E-state index in [0.29, 0.717) is 5.92 Å². The van der Waals surface area contributed by atoms with Gasteiger partial charge in [0.2, 0.25) is 0 Å². The lowest BCUT2D eigenvalue weighted by Crippen LogP contribution is -2.35. The summed E-state index contributed by atoms with van der Waals surface area (Å²) in [5, 5.41) is 0. The molecule has 1 saturated carbocycles. The van der Waals surface area contributed by atoms with Gasteiger partial charge in [-0.25, -0.2) is 0 Å². The van der Waals surface area contributed by atoms with Gasteiger partial charge < -0.3 is 4.74 Å². The van der Waals surface area contributed by atoms with Crippen molar-refractivity contribution in [1.29, 1.82) is 0 Å². The summed E-state index contributed by atoms with van der Waals surface area (Å²) in [5.41, 5.74) is 0.843. The van der Waals surface area contributed by atoms with Crippen molar-refractivity contribution in [3.63, 3.8) is 0 Å². The molecule has 1 fully saturated rings. The van der Waals surface area contributed by atoms with Crippen LogP contribution in [0.3, 0.4) is 0 Å². The lowest BCUT2D eigenvalue weighted by molar-refractivity contribution is -0.0259. The van der Waals surface area contributed by atoms with Crippen molar-refractivity contribution in [3.8, 4) is 0 Å². The van der Waals surface area contributed by atoms with Crippen molar-refractivity contribution in [3.05, 3.63) is 24.5 Å². The molecule has 0 aromatic heterocycles. The zero-order valence-corrected chi connectivity index (χ0v) is 10.4. The fraction of sp³-hybridized carbons (Fsp3) is 0.714. The van der Waals surface area contributed by atoms with Gasteiger partial charge in [0.05, 0.1) is 0 Å². The zero-order valence-electron chi connectivity index (χ0n) is 10.4. The molecule has 0 saturated heterocycles. The van der Waals surface area contributed by atoms with Gasteiger partial charge in [-0.3, -0.25) is 0 Å². The summed E-state index contributed by atoms with van der Waals surface area (Å²) in [7, 11) is 0. The van der Waals surface area contributed by atoms with Gasteiger partial charge in [0.15, 0.2) is 0 Å². The van der Waals surface area contributed by atoms with Gasteiger partial charge in [-0.2, -0.15) is 0 Å². The summed E-state index contributed by atoms with van der Waals surface area (Å²) in [6.45, 7) is 14.1. The van der Waals surface area contributed by atoms with E-state index in [1.165, 1.54) is 32.1 Å². The molecule has 0 atom stereocenters. The van der Waals surface area contributed by atoms with E-state index in [2.05, 4.69) is 27.0 Å². The Balaban J connectivity index is 2.56. The van der Waals surface area contributed by atoms with Gasteiger partial charge in [0, 0.05) is 0 Å². The maximum atomic E-state index is 5.94. The van der Waals surface area contributed by atoms with E-state index in [9.17, 15) is 0 Å². The molecule has 1 rings (SSSR count). The van der Waals surface area contributed by atoms with E-state index in [4.69, 9.17) is 4.74 Å². The van der Waals surface area contributed by atoms with Crippen LogP contribution in [-0.4, -0.2) is 5.60 Å². The average Bonchev–Trinajstić information content (AvgIpc) is 2.18.